The lowest BCUT2D eigenvalue weighted by molar-refractivity contribution is -0.0521. The molecule has 0 saturated heterocycles. The minimum atomic E-state index is -3.14. The summed E-state index contributed by atoms with van der Waals surface area (Å²) in [5.74, 6) is 4.00. The fourth-order valence-electron chi connectivity index (χ4n) is 1.61. The predicted molar refractivity (Wildman–Crippen MR) is 87.5 cm³/mol. The van der Waals surface area contributed by atoms with E-state index in [-0.39, 0.29) is 18.0 Å². The van der Waals surface area contributed by atoms with Crippen molar-refractivity contribution < 1.29 is 22.6 Å². The average molecular weight is 373 g/mol. The van der Waals surface area contributed by atoms with Gasteiger partial charge < -0.3 is 15.3 Å². The van der Waals surface area contributed by atoms with Crippen LogP contribution in [0.5, 0.6) is 11.6 Å². The molecule has 0 unspecified atom stereocenters. The number of ether oxygens (including phenoxy) is 2. The van der Waals surface area contributed by atoms with E-state index in [1.807, 2.05) is 0 Å². The summed E-state index contributed by atoms with van der Waals surface area (Å²) in [6.07, 6.45) is 2.66. The van der Waals surface area contributed by atoms with E-state index in [1.54, 1.807) is 12.1 Å². The van der Waals surface area contributed by atoms with Crippen molar-refractivity contribution in [1.29, 1.82) is 0 Å². The molecule has 0 aliphatic heterocycles. The maximum Gasteiger partial charge on any atom is 0.387 e. The van der Waals surface area contributed by atoms with Crippen LogP contribution in [0.15, 0.2) is 46.6 Å². The molecule has 10 heteroatoms. The number of hydrogen-bond acceptors (Lipinski definition) is 6. The largest absolute Gasteiger partial charge is 0.471 e. The van der Waals surface area contributed by atoms with Crippen LogP contribution in [0.4, 0.5) is 18.9 Å². The van der Waals surface area contributed by atoms with Crippen LogP contribution in [0.25, 0.3) is 0 Å². The highest BCUT2D eigenvalue weighted by molar-refractivity contribution is 6.31. The summed E-state index contributed by atoms with van der Waals surface area (Å²) in [5.41, 5.74) is 0.403. The highest BCUT2D eigenvalue weighted by Gasteiger charge is 2.10. The summed E-state index contributed by atoms with van der Waals surface area (Å²) < 4.78 is 47.1. The Hall–Kier alpha value is -2.81. The number of aliphatic imine (C=N–C) groups is 1. The Bertz CT molecular complexity index is 770. The van der Waals surface area contributed by atoms with Gasteiger partial charge in [-0.15, -0.1) is 0 Å². The lowest BCUT2D eigenvalue weighted by atomic mass is 10.3. The third-order valence-corrected chi connectivity index (χ3v) is 2.95. The van der Waals surface area contributed by atoms with Crippen molar-refractivity contribution in [3.8, 4) is 11.6 Å². The lowest BCUT2D eigenvalue weighted by Crippen LogP contribution is -2.15. The van der Waals surface area contributed by atoms with Crippen LogP contribution in [0.3, 0.4) is 0 Å². The van der Waals surface area contributed by atoms with E-state index in [0.717, 1.165) is 12.1 Å². The molecule has 2 N–H and O–H groups in total. The van der Waals surface area contributed by atoms with E-state index in [1.165, 1.54) is 18.5 Å². The first-order chi connectivity index (χ1) is 12.0. The van der Waals surface area contributed by atoms with Gasteiger partial charge in [0.05, 0.1) is 16.9 Å². The van der Waals surface area contributed by atoms with Crippen molar-refractivity contribution in [2.45, 2.75) is 6.61 Å². The van der Waals surface area contributed by atoms with Crippen LogP contribution >= 0.6 is 11.6 Å². The second-order valence-electron chi connectivity index (χ2n) is 4.48. The minimum absolute atomic E-state index is 0.0454. The molecular weight excluding hydrogens is 361 g/mol. The molecule has 0 saturated carbocycles. The van der Waals surface area contributed by atoms with Crippen LogP contribution < -0.4 is 15.3 Å². The zero-order valence-electron chi connectivity index (χ0n) is 12.6. The number of rotatable bonds is 7. The fourth-order valence-corrected chi connectivity index (χ4v) is 1.72. The quantitative estimate of drug-likeness (QED) is 0.457. The molecule has 1 heterocycles. The second-order valence-corrected chi connectivity index (χ2v) is 4.91. The van der Waals surface area contributed by atoms with Gasteiger partial charge in [0.2, 0.25) is 5.88 Å². The summed E-state index contributed by atoms with van der Waals surface area (Å²) in [6, 6.07) is 6.41. The number of nitrogens with two attached hydrogens (primary N) is 1. The molecule has 1 aromatic heterocycles. The lowest BCUT2D eigenvalue weighted by Gasteiger charge is -2.06. The second kappa shape index (κ2) is 8.88. The molecule has 0 atom stereocenters. The minimum Gasteiger partial charge on any atom is -0.471 e. The summed E-state index contributed by atoms with van der Waals surface area (Å²) in [4.78, 5) is 7.89. The zero-order chi connectivity index (χ0) is 18.2. The third kappa shape index (κ3) is 5.96. The van der Waals surface area contributed by atoms with Gasteiger partial charge >= 0.3 is 6.61 Å². The van der Waals surface area contributed by atoms with E-state index in [2.05, 4.69) is 19.8 Å². The zero-order valence-corrected chi connectivity index (χ0v) is 13.3. The first-order valence-corrected chi connectivity index (χ1v) is 7.15. The Balaban J connectivity index is 2.02. The molecule has 6 nitrogen and oxygen atoms in total. The summed E-state index contributed by atoms with van der Waals surface area (Å²) >= 11 is 5.71. The van der Waals surface area contributed by atoms with E-state index < -0.39 is 18.2 Å². The van der Waals surface area contributed by atoms with E-state index in [9.17, 15) is 13.2 Å². The Labute approximate surface area is 145 Å². The van der Waals surface area contributed by atoms with E-state index in [4.69, 9.17) is 22.2 Å². The molecule has 0 spiro atoms. The maximum atomic E-state index is 13.3. The molecular formula is C15H12ClF3N4O2. The van der Waals surface area contributed by atoms with Gasteiger partial charge in [0, 0.05) is 18.3 Å². The monoisotopic (exact) mass is 372 g/mol. The Morgan fingerprint density at radius 2 is 2.12 bits per heavy atom. The van der Waals surface area contributed by atoms with Gasteiger partial charge in [0.15, 0.2) is 11.6 Å². The molecule has 1 aromatic carbocycles. The molecule has 0 radical (unpaired) electrons. The topological polar surface area (TPSA) is 82.1 Å². The molecule has 0 aliphatic carbocycles. The van der Waals surface area contributed by atoms with Crippen molar-refractivity contribution >= 4 is 29.2 Å². The number of nitrogens with zero attached hydrogens (tertiary/aromatic N) is 3. The van der Waals surface area contributed by atoms with Crippen LogP contribution in [0.2, 0.25) is 5.02 Å². The number of alkyl halides is 2. The predicted octanol–water partition coefficient (Wildman–Crippen LogP) is 3.57. The first kappa shape index (κ1) is 18.5. The molecule has 0 bridgehead atoms. The van der Waals surface area contributed by atoms with Gasteiger partial charge in [-0.25, -0.2) is 9.37 Å². The molecule has 2 rings (SSSR count). The van der Waals surface area contributed by atoms with Crippen molar-refractivity contribution in [3.63, 3.8) is 0 Å². The standard InChI is InChI=1S/C15H12ClF3N4O2/c16-9-1-4-14(22-6-9)24-8-11(23-20)7-21-10-2-3-12(17)13(5-10)25-15(18)19/h1-7,15H,8,20H2. The molecule has 0 aliphatic rings. The molecule has 25 heavy (non-hydrogen) atoms. The smallest absolute Gasteiger partial charge is 0.387 e. The van der Waals surface area contributed by atoms with Crippen molar-refractivity contribution in [2.75, 3.05) is 6.61 Å². The number of benzene rings is 1. The molecule has 2 aromatic rings. The van der Waals surface area contributed by atoms with Crippen LogP contribution in [-0.2, 0) is 0 Å². The van der Waals surface area contributed by atoms with Gasteiger partial charge in [-0.2, -0.15) is 13.9 Å². The summed E-state index contributed by atoms with van der Waals surface area (Å²) in [5, 5.41) is 3.95. The summed E-state index contributed by atoms with van der Waals surface area (Å²) in [7, 11) is 0. The Kier molecular flexibility index (Phi) is 6.58. The van der Waals surface area contributed by atoms with Gasteiger partial charge in [-0.3, -0.25) is 4.99 Å². The Morgan fingerprint density at radius 1 is 1.32 bits per heavy atom. The Morgan fingerprint density at radius 3 is 2.76 bits per heavy atom. The molecule has 0 fully saturated rings. The number of pyridine rings is 1. The highest BCUT2D eigenvalue weighted by atomic mass is 35.5. The van der Waals surface area contributed by atoms with Crippen LogP contribution in [-0.4, -0.2) is 30.1 Å². The van der Waals surface area contributed by atoms with Gasteiger partial charge in [-0.1, -0.05) is 11.6 Å². The van der Waals surface area contributed by atoms with Crippen molar-refractivity contribution in [1.82, 2.24) is 4.98 Å². The van der Waals surface area contributed by atoms with Crippen LogP contribution in [0.1, 0.15) is 0 Å². The SMILES string of the molecule is NN=C(C=Nc1ccc(F)c(OC(F)F)c1)COc1ccc(Cl)cn1. The molecule has 0 amide bonds. The van der Waals surface area contributed by atoms with Crippen molar-refractivity contribution in [3.05, 3.63) is 47.4 Å². The average Bonchev–Trinajstić information content (AvgIpc) is 2.59. The van der Waals surface area contributed by atoms with E-state index in [0.29, 0.717) is 10.9 Å². The third-order valence-electron chi connectivity index (χ3n) is 2.73. The normalized spacial score (nSPS) is 12.0. The van der Waals surface area contributed by atoms with E-state index >= 15 is 0 Å². The number of hydrazone groups is 1. The van der Waals surface area contributed by atoms with Gasteiger partial charge in [0.1, 0.15) is 12.3 Å². The number of hydrogen-bond donors (Lipinski definition) is 1. The van der Waals surface area contributed by atoms with Crippen molar-refractivity contribution in [2.24, 2.45) is 15.9 Å². The van der Waals surface area contributed by atoms with Gasteiger partial charge in [0.25, 0.3) is 0 Å². The fraction of sp³-hybridized carbons (Fsp3) is 0.133. The highest BCUT2D eigenvalue weighted by Crippen LogP contribution is 2.25. The first-order valence-electron chi connectivity index (χ1n) is 6.77. The number of halogens is 4. The maximum absolute atomic E-state index is 13.3. The summed E-state index contributed by atoms with van der Waals surface area (Å²) in [6.45, 7) is -3.19. The van der Waals surface area contributed by atoms with Gasteiger partial charge in [-0.05, 0) is 18.2 Å². The number of aromatic nitrogens is 1. The van der Waals surface area contributed by atoms with Crippen LogP contribution in [0, 0.1) is 5.82 Å². The molecule has 132 valence electrons.